The van der Waals surface area contributed by atoms with Gasteiger partial charge in [-0.25, -0.2) is 9.13 Å². The zero-order valence-electron chi connectivity index (χ0n) is 51.7. The van der Waals surface area contributed by atoms with Gasteiger partial charge in [-0.2, -0.15) is 0 Å². The van der Waals surface area contributed by atoms with Crippen LogP contribution in [-0.4, -0.2) is 96.7 Å². The number of aliphatic hydroxyl groups excluding tert-OH is 1. The number of aliphatic hydroxyl groups is 1. The van der Waals surface area contributed by atoms with Crippen molar-refractivity contribution in [3.05, 3.63) is 0 Å². The monoisotopic (exact) mass is 1180 g/mol. The predicted molar refractivity (Wildman–Crippen MR) is 317 cm³/mol. The van der Waals surface area contributed by atoms with Gasteiger partial charge in [0.2, 0.25) is 0 Å². The minimum atomic E-state index is -4.94. The standard InChI is InChI=1S/C61H118O17P2/c1-51(2)37-29-21-13-9-17-25-33-41-58(63)71-47-56(77-60(65)43-35-27-19-11-15-23-31-39-53(5)6)49-75-79(67,68)73-45-55(62)46-74-80(69,70)76-50-57(78-61(66)44-36-28-20-12-16-24-32-40-54(7)8)48-72-59(64)42-34-26-18-10-14-22-30-38-52(3)4/h51-57,62H,9-50H2,1-8H3,(H,67,68)(H,69,70)/t56-,57-/m1/s1. The van der Waals surface area contributed by atoms with Gasteiger partial charge in [-0.3, -0.25) is 37.3 Å². The van der Waals surface area contributed by atoms with E-state index in [9.17, 15) is 43.2 Å². The Morgan fingerprint density at radius 3 is 0.775 bits per heavy atom. The van der Waals surface area contributed by atoms with Crippen molar-refractivity contribution in [3.63, 3.8) is 0 Å². The van der Waals surface area contributed by atoms with Crippen LogP contribution in [0.3, 0.4) is 0 Å². The molecule has 0 aliphatic carbocycles. The summed E-state index contributed by atoms with van der Waals surface area (Å²) in [6.45, 7) is 13.8. The average Bonchev–Trinajstić information content (AvgIpc) is 3.38. The fourth-order valence-corrected chi connectivity index (χ4v) is 10.5. The highest BCUT2D eigenvalue weighted by molar-refractivity contribution is 7.47. The summed E-state index contributed by atoms with van der Waals surface area (Å²) < 4.78 is 67.8. The molecule has 2 unspecified atom stereocenters. The molecule has 0 aromatic heterocycles. The first-order valence-electron chi connectivity index (χ1n) is 31.7. The maximum Gasteiger partial charge on any atom is 0.472 e. The molecule has 0 saturated carbocycles. The minimum absolute atomic E-state index is 0.102. The molecule has 0 bridgehead atoms. The van der Waals surface area contributed by atoms with Crippen LogP contribution in [0.5, 0.6) is 0 Å². The van der Waals surface area contributed by atoms with Crippen LogP contribution in [0, 0.1) is 23.7 Å². The van der Waals surface area contributed by atoms with Crippen LogP contribution >= 0.6 is 15.6 Å². The van der Waals surface area contributed by atoms with Crippen LogP contribution in [-0.2, 0) is 65.4 Å². The van der Waals surface area contributed by atoms with E-state index >= 15 is 0 Å². The summed E-state index contributed by atoms with van der Waals surface area (Å²) in [4.78, 5) is 72.0. The highest BCUT2D eigenvalue weighted by Gasteiger charge is 2.30. The third-order valence-corrected chi connectivity index (χ3v) is 15.7. The Kier molecular flexibility index (Phi) is 50.2. The molecule has 0 aliphatic rings. The largest absolute Gasteiger partial charge is 0.472 e. The maximum absolute atomic E-state index is 12.9. The summed E-state index contributed by atoms with van der Waals surface area (Å²) in [5.41, 5.74) is 0. The van der Waals surface area contributed by atoms with Crippen LogP contribution in [0.25, 0.3) is 0 Å². The molecule has 0 aromatic rings. The Morgan fingerprint density at radius 1 is 0.312 bits per heavy atom. The molecule has 0 fully saturated rings. The van der Waals surface area contributed by atoms with Crippen LogP contribution in [0.2, 0.25) is 0 Å². The molecule has 0 aromatic carbocycles. The number of unbranched alkanes of at least 4 members (excludes halogenated alkanes) is 24. The fraction of sp³-hybridized carbons (Fsp3) is 0.934. The summed E-state index contributed by atoms with van der Waals surface area (Å²) in [5, 5.41) is 10.5. The van der Waals surface area contributed by atoms with Gasteiger partial charge in [-0.1, -0.05) is 235 Å². The predicted octanol–water partition coefficient (Wildman–Crippen LogP) is 16.2. The summed E-state index contributed by atoms with van der Waals surface area (Å²) in [6, 6.07) is 0. The second kappa shape index (κ2) is 51.5. The molecule has 0 spiro atoms. The molecule has 0 heterocycles. The number of carbonyl (C=O) groups excluding carboxylic acids is 4. The number of esters is 4. The normalized spacial score (nSPS) is 14.5. The molecule has 19 heteroatoms. The van der Waals surface area contributed by atoms with Crippen LogP contribution in [0.4, 0.5) is 0 Å². The number of phosphoric acid groups is 2. The lowest BCUT2D eigenvalue weighted by Gasteiger charge is -2.21. The molecule has 4 atom stereocenters. The van der Waals surface area contributed by atoms with Crippen molar-refractivity contribution in [2.75, 3.05) is 39.6 Å². The Labute approximate surface area is 486 Å². The highest BCUT2D eigenvalue weighted by Crippen LogP contribution is 2.45. The molecular weight excluding hydrogens is 1070 g/mol. The lowest BCUT2D eigenvalue weighted by Crippen LogP contribution is -2.30. The Bertz CT molecular complexity index is 1500. The van der Waals surface area contributed by atoms with E-state index in [2.05, 4.69) is 55.4 Å². The zero-order valence-corrected chi connectivity index (χ0v) is 53.5. The molecule has 0 saturated heterocycles. The van der Waals surface area contributed by atoms with E-state index in [1.807, 2.05) is 0 Å². The second-order valence-electron chi connectivity index (χ2n) is 24.0. The number of phosphoric ester groups is 2. The van der Waals surface area contributed by atoms with E-state index in [1.54, 1.807) is 0 Å². The zero-order chi connectivity index (χ0) is 59.7. The lowest BCUT2D eigenvalue weighted by atomic mass is 10.0. The van der Waals surface area contributed by atoms with Crippen molar-refractivity contribution in [1.29, 1.82) is 0 Å². The quantitative estimate of drug-likeness (QED) is 0.0222. The number of carbonyl (C=O) groups is 4. The summed E-state index contributed by atoms with van der Waals surface area (Å²) in [5.74, 6) is 0.654. The van der Waals surface area contributed by atoms with Crippen molar-refractivity contribution in [3.8, 4) is 0 Å². The molecular formula is C61H118O17P2. The molecule has 17 nitrogen and oxygen atoms in total. The number of hydrogen-bond acceptors (Lipinski definition) is 15. The van der Waals surface area contributed by atoms with Gasteiger partial charge < -0.3 is 33.8 Å². The topological polar surface area (TPSA) is 237 Å². The van der Waals surface area contributed by atoms with Crippen molar-refractivity contribution in [2.24, 2.45) is 23.7 Å². The second-order valence-corrected chi connectivity index (χ2v) is 26.9. The van der Waals surface area contributed by atoms with Gasteiger partial charge in [0.05, 0.1) is 26.4 Å². The van der Waals surface area contributed by atoms with Crippen LogP contribution in [0.1, 0.15) is 287 Å². The van der Waals surface area contributed by atoms with Crippen molar-refractivity contribution < 1.29 is 80.2 Å². The average molecular weight is 1190 g/mol. The van der Waals surface area contributed by atoms with Gasteiger partial charge in [0, 0.05) is 25.7 Å². The maximum atomic E-state index is 12.9. The number of rotatable bonds is 58. The van der Waals surface area contributed by atoms with Crippen molar-refractivity contribution in [2.45, 2.75) is 305 Å². The minimum Gasteiger partial charge on any atom is -0.462 e. The van der Waals surface area contributed by atoms with E-state index in [1.165, 1.54) is 77.0 Å². The highest BCUT2D eigenvalue weighted by atomic mass is 31.2. The third-order valence-electron chi connectivity index (χ3n) is 13.8. The van der Waals surface area contributed by atoms with E-state index < -0.39 is 97.5 Å². The molecule has 0 aliphatic heterocycles. The fourth-order valence-electron chi connectivity index (χ4n) is 8.90. The first-order chi connectivity index (χ1) is 38.1. The van der Waals surface area contributed by atoms with Gasteiger partial charge in [-0.15, -0.1) is 0 Å². The Morgan fingerprint density at radius 2 is 0.525 bits per heavy atom. The van der Waals surface area contributed by atoms with Gasteiger partial charge in [0.1, 0.15) is 19.3 Å². The summed E-state index contributed by atoms with van der Waals surface area (Å²) in [7, 11) is -9.88. The van der Waals surface area contributed by atoms with Gasteiger partial charge in [-0.05, 0) is 49.4 Å². The molecule has 0 amide bonds. The van der Waals surface area contributed by atoms with Crippen molar-refractivity contribution >= 4 is 39.5 Å². The van der Waals surface area contributed by atoms with Crippen LogP contribution < -0.4 is 0 Å². The molecule has 3 N–H and O–H groups in total. The molecule has 474 valence electrons. The lowest BCUT2D eigenvalue weighted by molar-refractivity contribution is -0.161. The van der Waals surface area contributed by atoms with Crippen LogP contribution in [0.15, 0.2) is 0 Å². The number of hydrogen-bond donors (Lipinski definition) is 3. The first kappa shape index (κ1) is 78.1. The van der Waals surface area contributed by atoms with E-state index in [0.717, 1.165) is 103 Å². The summed E-state index contributed by atoms with van der Waals surface area (Å²) >= 11 is 0. The smallest absolute Gasteiger partial charge is 0.462 e. The Balaban J connectivity index is 5.25. The Hall–Kier alpha value is -1.94. The molecule has 80 heavy (non-hydrogen) atoms. The van der Waals surface area contributed by atoms with E-state index in [4.69, 9.17) is 37.0 Å². The molecule has 0 radical (unpaired) electrons. The van der Waals surface area contributed by atoms with Gasteiger partial charge >= 0.3 is 39.5 Å². The van der Waals surface area contributed by atoms with Crippen molar-refractivity contribution in [1.82, 2.24) is 0 Å². The number of ether oxygens (including phenoxy) is 4. The van der Waals surface area contributed by atoms with E-state index in [0.29, 0.717) is 49.4 Å². The molecule has 0 rings (SSSR count). The van der Waals surface area contributed by atoms with Gasteiger partial charge in [0.15, 0.2) is 12.2 Å². The van der Waals surface area contributed by atoms with E-state index in [-0.39, 0.29) is 25.7 Å². The van der Waals surface area contributed by atoms with Gasteiger partial charge in [0.25, 0.3) is 0 Å². The first-order valence-corrected chi connectivity index (χ1v) is 34.7. The SMILES string of the molecule is CC(C)CCCCCCCCCC(=O)OC[C@H](COP(=O)(O)OCC(O)COP(=O)(O)OC[C@@H](COC(=O)CCCCCCCCCC(C)C)OC(=O)CCCCCCCCCC(C)C)OC(=O)CCCCCCCCCC(C)C. The third kappa shape index (κ3) is 55.3. The summed E-state index contributed by atoms with van der Waals surface area (Å²) in [6.07, 6.45) is 29.7.